The van der Waals surface area contributed by atoms with Crippen molar-refractivity contribution in [2.45, 2.75) is 11.2 Å². The van der Waals surface area contributed by atoms with E-state index in [4.69, 9.17) is 9.47 Å². The van der Waals surface area contributed by atoms with Crippen molar-refractivity contribution < 1.29 is 17.9 Å². The molecule has 0 aromatic heterocycles. The molecule has 0 radical (unpaired) electrons. The van der Waals surface area contributed by atoms with E-state index in [0.717, 1.165) is 11.1 Å². The number of hydrogen-bond donors (Lipinski definition) is 1. The van der Waals surface area contributed by atoms with E-state index in [9.17, 15) is 8.42 Å². The highest BCUT2D eigenvalue weighted by Crippen LogP contribution is 2.30. The van der Waals surface area contributed by atoms with Crippen molar-refractivity contribution in [1.82, 2.24) is 4.72 Å². The van der Waals surface area contributed by atoms with Crippen molar-refractivity contribution in [1.29, 1.82) is 0 Å². The van der Waals surface area contributed by atoms with Crippen LogP contribution in [0.5, 0.6) is 0 Å². The van der Waals surface area contributed by atoms with E-state index in [1.54, 1.807) is 18.2 Å². The number of anilines is 1. The maximum atomic E-state index is 12.6. The minimum Gasteiger partial charge on any atom is -0.377 e. The van der Waals surface area contributed by atoms with Crippen LogP contribution in [0.25, 0.3) is 10.8 Å². The molecule has 2 aromatic carbocycles. The first-order valence-corrected chi connectivity index (χ1v) is 8.63. The third-order valence-electron chi connectivity index (χ3n) is 3.60. The van der Waals surface area contributed by atoms with E-state index in [2.05, 4.69) is 4.72 Å². The summed E-state index contributed by atoms with van der Waals surface area (Å²) in [5, 5.41) is 1.56. The molecule has 1 N–H and O–H groups in total. The van der Waals surface area contributed by atoms with Crippen LogP contribution in [0, 0.1) is 0 Å². The zero-order chi connectivity index (χ0) is 17.0. The van der Waals surface area contributed by atoms with Crippen LogP contribution in [0.2, 0.25) is 0 Å². The van der Waals surface area contributed by atoms with Crippen LogP contribution in [0.1, 0.15) is 0 Å². The number of ether oxygens (including phenoxy) is 2. The number of methoxy groups -OCH3 is 2. The van der Waals surface area contributed by atoms with E-state index in [1.165, 1.54) is 14.2 Å². The molecule has 0 fully saturated rings. The summed E-state index contributed by atoms with van der Waals surface area (Å²) in [6.45, 7) is 0.0408. The van der Waals surface area contributed by atoms with Crippen LogP contribution in [-0.4, -0.2) is 49.6 Å². The molecule has 0 aliphatic carbocycles. The van der Waals surface area contributed by atoms with Crippen LogP contribution in [-0.2, 0) is 19.5 Å². The third-order valence-corrected chi connectivity index (χ3v) is 5.08. The maximum absolute atomic E-state index is 12.6. The van der Waals surface area contributed by atoms with Crippen LogP contribution < -0.4 is 9.62 Å². The lowest BCUT2D eigenvalue weighted by Crippen LogP contribution is -2.34. The second kappa shape index (κ2) is 7.27. The Morgan fingerprint density at radius 2 is 1.65 bits per heavy atom. The van der Waals surface area contributed by atoms with Crippen LogP contribution in [0.4, 0.5) is 5.69 Å². The monoisotopic (exact) mass is 338 g/mol. The molecule has 0 saturated carbocycles. The Morgan fingerprint density at radius 3 is 2.26 bits per heavy atom. The first-order chi connectivity index (χ1) is 10.9. The van der Waals surface area contributed by atoms with Gasteiger partial charge in [-0.2, -0.15) is 0 Å². The molecule has 0 aliphatic rings. The van der Waals surface area contributed by atoms with Crippen molar-refractivity contribution >= 4 is 26.5 Å². The summed E-state index contributed by atoms with van der Waals surface area (Å²) in [6.07, 6.45) is -0.628. The lowest BCUT2D eigenvalue weighted by atomic mass is 10.1. The van der Waals surface area contributed by atoms with Crippen LogP contribution in [0.15, 0.2) is 41.3 Å². The quantitative estimate of drug-likeness (QED) is 0.780. The first kappa shape index (κ1) is 17.7. The number of sulfonamides is 1. The predicted molar refractivity (Wildman–Crippen MR) is 91.3 cm³/mol. The van der Waals surface area contributed by atoms with Gasteiger partial charge in [0.05, 0.1) is 11.4 Å². The van der Waals surface area contributed by atoms with Gasteiger partial charge >= 0.3 is 0 Å². The number of rotatable bonds is 7. The standard InChI is InChI=1S/C16H22N2O4S/c1-18(2)14-9-5-8-13-12(14)7-6-10-15(13)23(19,20)17-11-16(21-3)22-4/h5-10,16-17H,11H2,1-4H3. The van der Waals surface area contributed by atoms with Crippen LogP contribution in [0.3, 0.4) is 0 Å². The molecule has 0 aliphatic heterocycles. The van der Waals surface area contributed by atoms with E-state index < -0.39 is 16.3 Å². The Balaban J connectivity index is 2.45. The maximum Gasteiger partial charge on any atom is 0.241 e. The van der Waals surface area contributed by atoms with Crippen molar-refractivity contribution in [2.75, 3.05) is 39.8 Å². The highest BCUT2D eigenvalue weighted by molar-refractivity contribution is 7.89. The van der Waals surface area contributed by atoms with Gasteiger partial charge in [0.1, 0.15) is 0 Å². The summed E-state index contributed by atoms with van der Waals surface area (Å²) >= 11 is 0. The predicted octanol–water partition coefficient (Wildman–Crippen LogP) is 1.80. The summed E-state index contributed by atoms with van der Waals surface area (Å²) in [5.74, 6) is 0. The Kier molecular flexibility index (Phi) is 5.59. The lowest BCUT2D eigenvalue weighted by Gasteiger charge is -2.18. The van der Waals surface area contributed by atoms with E-state index in [-0.39, 0.29) is 11.4 Å². The van der Waals surface area contributed by atoms with Crippen molar-refractivity contribution in [2.24, 2.45) is 0 Å². The molecule has 0 heterocycles. The Hall–Kier alpha value is -1.67. The minimum atomic E-state index is -3.67. The molecule has 2 rings (SSSR count). The molecule has 2 aromatic rings. The Morgan fingerprint density at radius 1 is 1.04 bits per heavy atom. The second-order valence-corrected chi connectivity index (χ2v) is 7.01. The van der Waals surface area contributed by atoms with Gasteiger partial charge in [-0.05, 0) is 12.1 Å². The highest BCUT2D eigenvalue weighted by Gasteiger charge is 2.20. The first-order valence-electron chi connectivity index (χ1n) is 7.15. The van der Waals surface area contributed by atoms with Gasteiger partial charge in [-0.25, -0.2) is 13.1 Å². The molecule has 6 nitrogen and oxygen atoms in total. The van der Waals surface area contributed by atoms with E-state index in [1.807, 2.05) is 37.2 Å². The van der Waals surface area contributed by atoms with Gasteiger partial charge in [-0.15, -0.1) is 0 Å². The van der Waals surface area contributed by atoms with Crippen LogP contribution >= 0.6 is 0 Å². The molecule has 0 unspecified atom stereocenters. The minimum absolute atomic E-state index is 0.0408. The molecule has 7 heteroatoms. The number of benzene rings is 2. The Labute approximate surface area is 137 Å². The molecule has 0 atom stereocenters. The van der Waals surface area contributed by atoms with Gasteiger partial charge in [0, 0.05) is 44.8 Å². The highest BCUT2D eigenvalue weighted by atomic mass is 32.2. The summed E-state index contributed by atoms with van der Waals surface area (Å²) in [5.41, 5.74) is 0.964. The van der Waals surface area contributed by atoms with Gasteiger partial charge in [0.15, 0.2) is 6.29 Å². The van der Waals surface area contributed by atoms with Crippen molar-refractivity contribution in [3.8, 4) is 0 Å². The van der Waals surface area contributed by atoms with Gasteiger partial charge in [-0.1, -0.05) is 24.3 Å². The molecule has 126 valence electrons. The smallest absolute Gasteiger partial charge is 0.241 e. The number of fused-ring (bicyclic) bond motifs is 1. The summed E-state index contributed by atoms with van der Waals surface area (Å²) in [4.78, 5) is 2.20. The molecule has 0 amide bonds. The molecular formula is C16H22N2O4S. The summed E-state index contributed by atoms with van der Waals surface area (Å²) in [6, 6.07) is 10.9. The summed E-state index contributed by atoms with van der Waals surface area (Å²) in [7, 11) is 3.10. The second-order valence-electron chi connectivity index (χ2n) is 5.28. The van der Waals surface area contributed by atoms with Gasteiger partial charge < -0.3 is 14.4 Å². The molecular weight excluding hydrogens is 316 g/mol. The fourth-order valence-corrected chi connectivity index (χ4v) is 3.64. The molecule has 0 bridgehead atoms. The third kappa shape index (κ3) is 3.81. The van der Waals surface area contributed by atoms with Crippen molar-refractivity contribution in [3.63, 3.8) is 0 Å². The lowest BCUT2D eigenvalue weighted by molar-refractivity contribution is -0.0960. The summed E-state index contributed by atoms with van der Waals surface area (Å²) < 4.78 is 37.8. The SMILES string of the molecule is COC(CNS(=O)(=O)c1cccc2c(N(C)C)cccc12)OC. The molecule has 0 saturated heterocycles. The normalized spacial score (nSPS) is 12.0. The zero-order valence-electron chi connectivity index (χ0n) is 13.7. The van der Waals surface area contributed by atoms with Gasteiger partial charge in [-0.3, -0.25) is 0 Å². The number of hydrogen-bond acceptors (Lipinski definition) is 5. The number of nitrogens with one attached hydrogen (secondary N) is 1. The average molecular weight is 338 g/mol. The fraction of sp³-hybridized carbons (Fsp3) is 0.375. The molecule has 0 spiro atoms. The van der Waals surface area contributed by atoms with Crippen molar-refractivity contribution in [3.05, 3.63) is 36.4 Å². The average Bonchev–Trinajstić information content (AvgIpc) is 2.54. The Bertz CT molecular complexity index is 771. The molecule has 23 heavy (non-hydrogen) atoms. The van der Waals surface area contributed by atoms with Gasteiger partial charge in [0.2, 0.25) is 10.0 Å². The topological polar surface area (TPSA) is 67.9 Å². The number of nitrogens with zero attached hydrogens (tertiary/aromatic N) is 1. The largest absolute Gasteiger partial charge is 0.377 e. The fourth-order valence-electron chi connectivity index (χ4n) is 2.41. The van der Waals surface area contributed by atoms with Gasteiger partial charge in [0.25, 0.3) is 0 Å². The van der Waals surface area contributed by atoms with E-state index in [0.29, 0.717) is 5.39 Å². The van der Waals surface area contributed by atoms with E-state index >= 15 is 0 Å². The zero-order valence-corrected chi connectivity index (χ0v) is 14.6.